The molecule has 1 aliphatic carbocycles. The van der Waals surface area contributed by atoms with Gasteiger partial charge in [0.15, 0.2) is 0 Å². The Balaban J connectivity index is 2.65. The fourth-order valence-corrected chi connectivity index (χ4v) is 3.07. The molecule has 3 atom stereocenters. The van der Waals surface area contributed by atoms with E-state index >= 15 is 0 Å². The lowest BCUT2D eigenvalue weighted by molar-refractivity contribution is 0.191. The standard InChI is InChI=1S/C15H30/c1-11(2)13(4)14-8-10-15(5,6)9-7-12(14)3/h11-14H,7-10H2,1-6H3. The van der Waals surface area contributed by atoms with Gasteiger partial charge in [-0.1, -0.05) is 41.5 Å². The Hall–Kier alpha value is 0. The lowest BCUT2D eigenvalue weighted by atomic mass is 9.75. The van der Waals surface area contributed by atoms with Crippen LogP contribution in [0, 0.1) is 29.1 Å². The molecule has 0 heteroatoms. The summed E-state index contributed by atoms with van der Waals surface area (Å²) >= 11 is 0. The van der Waals surface area contributed by atoms with Crippen LogP contribution in [0.15, 0.2) is 0 Å². The molecule has 0 heterocycles. The van der Waals surface area contributed by atoms with E-state index < -0.39 is 0 Å². The summed E-state index contributed by atoms with van der Waals surface area (Å²) in [5.74, 6) is 3.64. The van der Waals surface area contributed by atoms with Crippen molar-refractivity contribution >= 4 is 0 Å². The first-order valence-electron chi connectivity index (χ1n) is 6.83. The molecular formula is C15H30. The van der Waals surface area contributed by atoms with Gasteiger partial charge in [0.1, 0.15) is 0 Å². The summed E-state index contributed by atoms with van der Waals surface area (Å²) in [6.07, 6.45) is 5.75. The van der Waals surface area contributed by atoms with E-state index in [-0.39, 0.29) is 0 Å². The van der Waals surface area contributed by atoms with Crippen LogP contribution in [0.4, 0.5) is 0 Å². The highest BCUT2D eigenvalue weighted by Crippen LogP contribution is 2.43. The van der Waals surface area contributed by atoms with Gasteiger partial charge in [0, 0.05) is 0 Å². The zero-order valence-electron chi connectivity index (χ0n) is 11.6. The summed E-state index contributed by atoms with van der Waals surface area (Å²) in [5, 5.41) is 0. The molecule has 3 unspecified atom stereocenters. The van der Waals surface area contributed by atoms with E-state index in [9.17, 15) is 0 Å². The fourth-order valence-electron chi connectivity index (χ4n) is 3.07. The van der Waals surface area contributed by atoms with E-state index in [4.69, 9.17) is 0 Å². The summed E-state index contributed by atoms with van der Waals surface area (Å²) < 4.78 is 0. The second-order valence-electron chi connectivity index (χ2n) is 6.99. The molecule has 0 aromatic carbocycles. The van der Waals surface area contributed by atoms with Crippen molar-refractivity contribution in [2.24, 2.45) is 29.1 Å². The second kappa shape index (κ2) is 4.89. The van der Waals surface area contributed by atoms with E-state index in [0.29, 0.717) is 5.41 Å². The lowest BCUT2D eigenvalue weighted by Crippen LogP contribution is -2.22. The van der Waals surface area contributed by atoms with Gasteiger partial charge in [-0.3, -0.25) is 0 Å². The van der Waals surface area contributed by atoms with Crippen LogP contribution < -0.4 is 0 Å². The molecular weight excluding hydrogens is 180 g/mol. The van der Waals surface area contributed by atoms with Gasteiger partial charge in [-0.05, 0) is 54.8 Å². The molecule has 0 aromatic heterocycles. The van der Waals surface area contributed by atoms with Gasteiger partial charge < -0.3 is 0 Å². The maximum absolute atomic E-state index is 2.48. The van der Waals surface area contributed by atoms with Gasteiger partial charge in [-0.2, -0.15) is 0 Å². The molecule has 0 bridgehead atoms. The Morgan fingerprint density at radius 1 is 1.00 bits per heavy atom. The minimum Gasteiger partial charge on any atom is -0.0625 e. The van der Waals surface area contributed by atoms with Crippen LogP contribution in [-0.4, -0.2) is 0 Å². The molecule has 0 amide bonds. The Bertz CT molecular complexity index is 190. The second-order valence-corrected chi connectivity index (χ2v) is 6.99. The van der Waals surface area contributed by atoms with Crippen molar-refractivity contribution in [2.75, 3.05) is 0 Å². The van der Waals surface area contributed by atoms with Crippen LogP contribution >= 0.6 is 0 Å². The topological polar surface area (TPSA) is 0 Å². The predicted octanol–water partition coefficient (Wildman–Crippen LogP) is 5.13. The van der Waals surface area contributed by atoms with E-state index in [1.165, 1.54) is 25.7 Å². The van der Waals surface area contributed by atoms with Crippen LogP contribution in [0.25, 0.3) is 0 Å². The van der Waals surface area contributed by atoms with Crippen molar-refractivity contribution < 1.29 is 0 Å². The van der Waals surface area contributed by atoms with Crippen molar-refractivity contribution in [3.8, 4) is 0 Å². The molecule has 0 saturated heterocycles. The molecule has 1 saturated carbocycles. The first-order valence-corrected chi connectivity index (χ1v) is 6.83. The van der Waals surface area contributed by atoms with E-state index in [1.807, 2.05) is 0 Å². The van der Waals surface area contributed by atoms with Crippen molar-refractivity contribution in [1.82, 2.24) is 0 Å². The molecule has 0 radical (unpaired) electrons. The van der Waals surface area contributed by atoms with Gasteiger partial charge in [-0.15, -0.1) is 0 Å². The largest absolute Gasteiger partial charge is 0.0625 e. The summed E-state index contributed by atoms with van der Waals surface area (Å²) in [7, 11) is 0. The van der Waals surface area contributed by atoms with Gasteiger partial charge in [0.05, 0.1) is 0 Å². The first kappa shape index (κ1) is 13.1. The van der Waals surface area contributed by atoms with Crippen LogP contribution in [0.5, 0.6) is 0 Å². The molecule has 1 aliphatic rings. The maximum Gasteiger partial charge on any atom is -0.0354 e. The van der Waals surface area contributed by atoms with Gasteiger partial charge in [0.2, 0.25) is 0 Å². The quantitative estimate of drug-likeness (QED) is 0.554. The Morgan fingerprint density at radius 2 is 1.53 bits per heavy atom. The average molecular weight is 210 g/mol. The normalized spacial score (nSPS) is 33.8. The van der Waals surface area contributed by atoms with Gasteiger partial charge >= 0.3 is 0 Å². The highest BCUT2D eigenvalue weighted by atomic mass is 14.4. The highest BCUT2D eigenvalue weighted by Gasteiger charge is 2.32. The highest BCUT2D eigenvalue weighted by molar-refractivity contribution is 4.82. The van der Waals surface area contributed by atoms with E-state index in [2.05, 4.69) is 41.5 Å². The third kappa shape index (κ3) is 3.50. The Labute approximate surface area is 96.8 Å². The van der Waals surface area contributed by atoms with E-state index in [1.54, 1.807) is 0 Å². The van der Waals surface area contributed by atoms with Gasteiger partial charge in [-0.25, -0.2) is 0 Å². The summed E-state index contributed by atoms with van der Waals surface area (Å²) in [4.78, 5) is 0. The van der Waals surface area contributed by atoms with Crippen molar-refractivity contribution in [3.63, 3.8) is 0 Å². The van der Waals surface area contributed by atoms with E-state index in [0.717, 1.165) is 23.7 Å². The maximum atomic E-state index is 2.48. The SMILES string of the molecule is CC(C)C(C)C1CCC(C)(C)CCC1C. The molecule has 0 nitrogen and oxygen atoms in total. The molecule has 0 N–H and O–H groups in total. The molecule has 0 aliphatic heterocycles. The molecule has 90 valence electrons. The number of hydrogen-bond donors (Lipinski definition) is 0. The van der Waals surface area contributed by atoms with Gasteiger partial charge in [0.25, 0.3) is 0 Å². The third-order valence-electron chi connectivity index (χ3n) is 4.89. The fraction of sp³-hybridized carbons (Fsp3) is 1.00. The van der Waals surface area contributed by atoms with Crippen molar-refractivity contribution in [3.05, 3.63) is 0 Å². The third-order valence-corrected chi connectivity index (χ3v) is 4.89. The summed E-state index contributed by atoms with van der Waals surface area (Å²) in [5.41, 5.74) is 0.597. The monoisotopic (exact) mass is 210 g/mol. The summed E-state index contributed by atoms with van der Waals surface area (Å²) in [6, 6.07) is 0. The zero-order chi connectivity index (χ0) is 11.6. The Kier molecular flexibility index (Phi) is 4.26. The van der Waals surface area contributed by atoms with Crippen LogP contribution in [0.2, 0.25) is 0 Å². The Morgan fingerprint density at radius 3 is 2.07 bits per heavy atom. The minimum atomic E-state index is 0.597. The molecule has 0 spiro atoms. The summed E-state index contributed by atoms with van der Waals surface area (Å²) in [6.45, 7) is 14.6. The molecule has 0 aromatic rings. The number of hydrogen-bond acceptors (Lipinski definition) is 0. The van der Waals surface area contributed by atoms with Crippen molar-refractivity contribution in [1.29, 1.82) is 0 Å². The van der Waals surface area contributed by atoms with Crippen LogP contribution in [-0.2, 0) is 0 Å². The smallest absolute Gasteiger partial charge is 0.0354 e. The molecule has 15 heavy (non-hydrogen) atoms. The van der Waals surface area contributed by atoms with Crippen molar-refractivity contribution in [2.45, 2.75) is 67.2 Å². The van der Waals surface area contributed by atoms with Crippen LogP contribution in [0.3, 0.4) is 0 Å². The average Bonchev–Trinajstić information content (AvgIpc) is 2.26. The zero-order valence-corrected chi connectivity index (χ0v) is 11.6. The molecule has 1 rings (SSSR count). The first-order chi connectivity index (χ1) is 6.83. The minimum absolute atomic E-state index is 0.597. The van der Waals surface area contributed by atoms with Crippen LogP contribution in [0.1, 0.15) is 67.2 Å². The lowest BCUT2D eigenvalue weighted by Gasteiger charge is -2.30. The number of rotatable bonds is 2. The molecule has 1 fully saturated rings. The predicted molar refractivity (Wildman–Crippen MR) is 68.9 cm³/mol.